The van der Waals surface area contributed by atoms with Gasteiger partial charge in [0, 0.05) is 5.56 Å². The van der Waals surface area contributed by atoms with Crippen LogP contribution in [0.2, 0.25) is 0 Å². The summed E-state index contributed by atoms with van der Waals surface area (Å²) in [6.07, 6.45) is 9.58. The fourth-order valence-electron chi connectivity index (χ4n) is 3.26. The highest BCUT2D eigenvalue weighted by molar-refractivity contribution is 5.62. The monoisotopic (exact) mass is 327 g/mol. The lowest BCUT2D eigenvalue weighted by Crippen LogP contribution is -2.14. The van der Waals surface area contributed by atoms with E-state index in [1.807, 2.05) is 6.07 Å². The first-order valence-corrected chi connectivity index (χ1v) is 8.99. The van der Waals surface area contributed by atoms with Crippen LogP contribution in [0.1, 0.15) is 63.0 Å². The summed E-state index contributed by atoms with van der Waals surface area (Å²) in [5.74, 6) is 1.36. The van der Waals surface area contributed by atoms with E-state index in [1.54, 1.807) is 6.20 Å². The summed E-state index contributed by atoms with van der Waals surface area (Å²) in [4.78, 5) is 8.29. The molecule has 1 aliphatic carbocycles. The third kappa shape index (κ3) is 3.42. The molecular weight excluding hydrogens is 301 g/mol. The second kappa shape index (κ2) is 7.29. The number of nitrogens with zero attached hydrogens (tertiary/aromatic N) is 2. The molecule has 1 aromatic carbocycles. The van der Waals surface area contributed by atoms with Crippen molar-refractivity contribution in [3.8, 4) is 11.3 Å². The van der Waals surface area contributed by atoms with E-state index in [0.29, 0.717) is 28.9 Å². The van der Waals surface area contributed by atoms with Gasteiger partial charge in [-0.3, -0.25) is 4.98 Å². The number of nitrogens with two attached hydrogens (primary N) is 1. The Balaban J connectivity index is 1.97. The van der Waals surface area contributed by atoms with E-state index < -0.39 is 0 Å². The van der Waals surface area contributed by atoms with Crippen LogP contribution in [-0.2, 0) is 6.42 Å². The maximum atomic E-state index is 15.3. The highest BCUT2D eigenvalue weighted by atomic mass is 19.1. The fraction of sp³-hybridized carbons (Fsp3) is 0.500. The van der Waals surface area contributed by atoms with Crippen LogP contribution >= 0.6 is 0 Å². The molecule has 128 valence electrons. The Hall–Kier alpha value is -1.97. The molecule has 24 heavy (non-hydrogen) atoms. The van der Waals surface area contributed by atoms with Crippen molar-refractivity contribution in [3.63, 3.8) is 0 Å². The van der Waals surface area contributed by atoms with Gasteiger partial charge >= 0.3 is 0 Å². The van der Waals surface area contributed by atoms with Crippen LogP contribution in [0.4, 0.5) is 10.2 Å². The Morgan fingerprint density at radius 3 is 2.62 bits per heavy atom. The lowest BCUT2D eigenvalue weighted by molar-refractivity contribution is 0.412. The normalized spacial score (nSPS) is 16.0. The van der Waals surface area contributed by atoms with Crippen LogP contribution in [-0.4, -0.2) is 9.97 Å². The molecular formula is C20H26FN3. The number of hydrogen-bond acceptors (Lipinski definition) is 3. The molecule has 0 saturated heterocycles. The molecule has 3 nitrogen and oxygen atoms in total. The quantitative estimate of drug-likeness (QED) is 0.802. The Bertz CT molecular complexity index is 693. The molecule has 1 unspecified atom stereocenters. The van der Waals surface area contributed by atoms with Gasteiger partial charge in [-0.05, 0) is 54.7 Å². The van der Waals surface area contributed by atoms with Gasteiger partial charge < -0.3 is 5.73 Å². The zero-order valence-corrected chi connectivity index (χ0v) is 14.6. The third-order valence-electron chi connectivity index (χ3n) is 5.36. The molecule has 0 amide bonds. The minimum atomic E-state index is -0.123. The van der Waals surface area contributed by atoms with Crippen molar-refractivity contribution in [1.82, 2.24) is 9.97 Å². The van der Waals surface area contributed by atoms with Gasteiger partial charge in [-0.25, -0.2) is 9.37 Å². The average Bonchev–Trinajstić information content (AvgIpc) is 2.53. The number of rotatable bonds is 6. The number of aromatic nitrogens is 2. The first kappa shape index (κ1) is 16.9. The van der Waals surface area contributed by atoms with E-state index in [4.69, 9.17) is 5.73 Å². The zero-order valence-electron chi connectivity index (χ0n) is 14.6. The largest absolute Gasteiger partial charge is 0.382 e. The van der Waals surface area contributed by atoms with E-state index in [9.17, 15) is 0 Å². The van der Waals surface area contributed by atoms with E-state index in [2.05, 4.69) is 29.9 Å². The van der Waals surface area contributed by atoms with Crippen molar-refractivity contribution in [2.45, 2.75) is 58.3 Å². The highest BCUT2D eigenvalue weighted by Crippen LogP contribution is 2.40. The third-order valence-corrected chi connectivity index (χ3v) is 5.36. The van der Waals surface area contributed by atoms with E-state index in [1.165, 1.54) is 31.0 Å². The van der Waals surface area contributed by atoms with Crippen molar-refractivity contribution in [1.29, 1.82) is 0 Å². The molecule has 1 aliphatic rings. The number of halogens is 1. The highest BCUT2D eigenvalue weighted by Gasteiger charge is 2.25. The molecule has 0 spiro atoms. The minimum absolute atomic E-state index is 0.123. The molecule has 1 aromatic heterocycles. The molecule has 0 bridgehead atoms. The van der Waals surface area contributed by atoms with E-state index >= 15 is 4.39 Å². The summed E-state index contributed by atoms with van der Waals surface area (Å²) >= 11 is 0. The molecule has 2 aromatic rings. The summed E-state index contributed by atoms with van der Waals surface area (Å²) in [6, 6.07) is 3.96. The summed E-state index contributed by atoms with van der Waals surface area (Å²) in [5, 5.41) is 0. The van der Waals surface area contributed by atoms with Gasteiger partial charge in [0.1, 0.15) is 11.6 Å². The van der Waals surface area contributed by atoms with Crippen LogP contribution < -0.4 is 5.73 Å². The van der Waals surface area contributed by atoms with E-state index in [0.717, 1.165) is 24.8 Å². The molecule has 1 saturated carbocycles. The Morgan fingerprint density at radius 1 is 1.25 bits per heavy atom. The number of hydrogen-bond donors (Lipinski definition) is 1. The summed E-state index contributed by atoms with van der Waals surface area (Å²) < 4.78 is 15.3. The molecule has 1 fully saturated rings. The SMILES string of the molecule is CCC(C)CCc1c(C2CCC2)ccc(-c2cnc(N)cn2)c1F. The van der Waals surface area contributed by atoms with Gasteiger partial charge in [-0.1, -0.05) is 32.8 Å². The smallest absolute Gasteiger partial charge is 0.141 e. The average molecular weight is 327 g/mol. The first-order valence-electron chi connectivity index (χ1n) is 8.99. The number of anilines is 1. The predicted molar refractivity (Wildman–Crippen MR) is 96.2 cm³/mol. The topological polar surface area (TPSA) is 51.8 Å². The lowest BCUT2D eigenvalue weighted by atomic mass is 9.76. The molecule has 0 aliphatic heterocycles. The van der Waals surface area contributed by atoms with Crippen LogP contribution in [0.5, 0.6) is 0 Å². The van der Waals surface area contributed by atoms with Crippen LogP contribution in [0.25, 0.3) is 11.3 Å². The van der Waals surface area contributed by atoms with Gasteiger partial charge in [-0.15, -0.1) is 0 Å². The summed E-state index contributed by atoms with van der Waals surface area (Å²) in [6.45, 7) is 4.42. The van der Waals surface area contributed by atoms with Gasteiger partial charge in [-0.2, -0.15) is 0 Å². The zero-order chi connectivity index (χ0) is 17.1. The lowest BCUT2D eigenvalue weighted by Gasteiger charge is -2.29. The van der Waals surface area contributed by atoms with Crippen molar-refractivity contribution < 1.29 is 4.39 Å². The van der Waals surface area contributed by atoms with Crippen molar-refractivity contribution in [2.75, 3.05) is 5.73 Å². The molecule has 1 atom stereocenters. The standard InChI is InChI=1S/C20H26FN3/c1-3-13(2)7-8-16-15(14-5-4-6-14)9-10-17(20(16)21)18-11-24-19(22)12-23-18/h9-14H,3-8H2,1-2H3,(H2,22,24). The first-order chi connectivity index (χ1) is 11.6. The van der Waals surface area contributed by atoms with Gasteiger partial charge in [0.05, 0.1) is 18.1 Å². The summed E-state index contributed by atoms with van der Waals surface area (Å²) in [5.41, 5.74) is 8.76. The van der Waals surface area contributed by atoms with Crippen molar-refractivity contribution >= 4 is 5.82 Å². The second-order valence-electron chi connectivity index (χ2n) is 7.00. The van der Waals surface area contributed by atoms with Crippen LogP contribution in [0, 0.1) is 11.7 Å². The van der Waals surface area contributed by atoms with Gasteiger partial charge in [0.15, 0.2) is 0 Å². The minimum Gasteiger partial charge on any atom is -0.382 e. The Kier molecular flexibility index (Phi) is 5.12. The molecule has 3 rings (SSSR count). The summed E-state index contributed by atoms with van der Waals surface area (Å²) in [7, 11) is 0. The van der Waals surface area contributed by atoms with Gasteiger partial charge in [0.25, 0.3) is 0 Å². The van der Waals surface area contributed by atoms with Crippen molar-refractivity contribution in [2.24, 2.45) is 5.92 Å². The fourth-order valence-corrected chi connectivity index (χ4v) is 3.26. The maximum Gasteiger partial charge on any atom is 0.141 e. The predicted octanol–water partition coefficient (Wildman–Crippen LogP) is 5.11. The Labute approximate surface area is 143 Å². The number of benzene rings is 1. The molecule has 1 heterocycles. The second-order valence-corrected chi connectivity index (χ2v) is 7.00. The van der Waals surface area contributed by atoms with Crippen molar-refractivity contribution in [3.05, 3.63) is 41.5 Å². The molecule has 4 heteroatoms. The number of nitrogen functional groups attached to an aromatic ring is 1. The molecule has 0 radical (unpaired) electrons. The van der Waals surface area contributed by atoms with Crippen LogP contribution in [0.3, 0.4) is 0 Å². The molecule has 2 N–H and O–H groups in total. The van der Waals surface area contributed by atoms with Crippen LogP contribution in [0.15, 0.2) is 24.5 Å². The van der Waals surface area contributed by atoms with E-state index in [-0.39, 0.29) is 5.82 Å². The Morgan fingerprint density at radius 2 is 2.04 bits per heavy atom. The maximum absolute atomic E-state index is 15.3. The van der Waals surface area contributed by atoms with Gasteiger partial charge in [0.2, 0.25) is 0 Å².